The number of aromatic nitrogens is 2. The molecule has 0 aromatic carbocycles. The van der Waals surface area contributed by atoms with Crippen LogP contribution in [-0.2, 0) is 6.42 Å². The lowest BCUT2D eigenvalue weighted by atomic mass is 9.42. The topological polar surface area (TPSA) is 60.9 Å². The summed E-state index contributed by atoms with van der Waals surface area (Å²) >= 11 is 0. The van der Waals surface area contributed by atoms with Crippen molar-refractivity contribution in [2.45, 2.75) is 130 Å². The van der Waals surface area contributed by atoms with Gasteiger partial charge in [0.25, 0.3) is 0 Å². The summed E-state index contributed by atoms with van der Waals surface area (Å²) in [4.78, 5) is 7.44. The molecule has 0 radical (unpaired) electrons. The molecule has 4 fully saturated rings. The van der Waals surface area contributed by atoms with Gasteiger partial charge < -0.3 is 15.4 Å². The summed E-state index contributed by atoms with van der Waals surface area (Å²) in [5.74, 6) is 4.88. The van der Waals surface area contributed by atoms with Gasteiger partial charge in [0.2, 0.25) is 0 Å². The van der Waals surface area contributed by atoms with Crippen LogP contribution in [-0.4, -0.2) is 33.3 Å². The van der Waals surface area contributed by atoms with Crippen molar-refractivity contribution in [2.24, 2.45) is 46.3 Å². The zero-order valence-electron chi connectivity index (χ0n) is 24.0. The van der Waals surface area contributed by atoms with Gasteiger partial charge in [-0.2, -0.15) is 0 Å². The summed E-state index contributed by atoms with van der Waals surface area (Å²) in [5, 5.41) is 16.3. The van der Waals surface area contributed by atoms with Crippen molar-refractivity contribution >= 4 is 0 Å². The predicted octanol–water partition coefficient (Wildman–Crippen LogP) is 7.15. The van der Waals surface area contributed by atoms with Crippen molar-refractivity contribution in [2.75, 3.05) is 6.54 Å². The van der Waals surface area contributed by atoms with Crippen LogP contribution in [0.4, 0.5) is 0 Å². The predicted molar refractivity (Wildman–Crippen MR) is 149 cm³/mol. The SMILES string of the molecule is CC(C)CCC[C@@H](C)[C@H]1CC[C@H]2[C@@H]3C[C@@H](NCCc4cnc[nH]4)[C@@]4(O)CCCC[C@]4(C)[C@H]3CC[C@]12C. The van der Waals surface area contributed by atoms with Crippen LogP contribution in [0.5, 0.6) is 0 Å². The molecule has 0 amide bonds. The van der Waals surface area contributed by atoms with E-state index in [2.05, 4.69) is 49.9 Å². The van der Waals surface area contributed by atoms with Crippen LogP contribution in [0.2, 0.25) is 0 Å². The average molecular weight is 498 g/mol. The molecule has 36 heavy (non-hydrogen) atoms. The van der Waals surface area contributed by atoms with Gasteiger partial charge in [0.05, 0.1) is 11.9 Å². The lowest BCUT2D eigenvalue weighted by Gasteiger charge is -2.66. The number of hydrogen-bond donors (Lipinski definition) is 3. The third-order valence-electron chi connectivity index (χ3n) is 12.4. The molecule has 0 aliphatic heterocycles. The first-order chi connectivity index (χ1) is 17.2. The maximum Gasteiger partial charge on any atom is 0.0921 e. The molecule has 1 aromatic heterocycles. The number of aromatic amines is 1. The molecular weight excluding hydrogens is 442 g/mol. The summed E-state index contributed by atoms with van der Waals surface area (Å²) in [6, 6.07) is 0.219. The second-order valence-electron chi connectivity index (χ2n) is 14.5. The van der Waals surface area contributed by atoms with E-state index in [-0.39, 0.29) is 11.5 Å². The minimum absolute atomic E-state index is 0.0577. The Bertz CT molecular complexity index is 854. The number of imidazole rings is 1. The van der Waals surface area contributed by atoms with E-state index in [0.717, 1.165) is 49.0 Å². The van der Waals surface area contributed by atoms with E-state index in [1.165, 1.54) is 76.3 Å². The van der Waals surface area contributed by atoms with Gasteiger partial charge in [-0.3, -0.25) is 0 Å². The van der Waals surface area contributed by atoms with Crippen LogP contribution in [0.25, 0.3) is 0 Å². The number of fused-ring (bicyclic) bond motifs is 5. The molecule has 3 N–H and O–H groups in total. The molecule has 9 atom stereocenters. The maximum absolute atomic E-state index is 12.4. The summed E-state index contributed by atoms with van der Waals surface area (Å²) in [5.41, 5.74) is 1.18. The summed E-state index contributed by atoms with van der Waals surface area (Å²) < 4.78 is 0. The van der Waals surface area contributed by atoms with Crippen LogP contribution in [0.15, 0.2) is 12.5 Å². The molecule has 5 rings (SSSR count). The van der Waals surface area contributed by atoms with E-state index in [9.17, 15) is 5.11 Å². The van der Waals surface area contributed by atoms with Crippen molar-refractivity contribution in [1.29, 1.82) is 0 Å². The molecule has 0 bridgehead atoms. The fourth-order valence-corrected chi connectivity index (χ4v) is 10.4. The van der Waals surface area contributed by atoms with Gasteiger partial charge in [-0.25, -0.2) is 4.98 Å². The van der Waals surface area contributed by atoms with Crippen molar-refractivity contribution in [3.05, 3.63) is 18.2 Å². The standard InChI is InChI=1S/C32H55N3O/c1-22(2)9-8-10-23(3)26-11-12-27-25-19-29(34-18-14-24-20-33-21-35-24)32(36)16-7-6-15-31(32,5)28(25)13-17-30(26,27)4/h20-23,25-29,34,36H,6-19H2,1-5H3,(H,33,35)/t23-,25+,26-,27+,28+,29-,30-,31-,32+/m1/s1. The Hall–Kier alpha value is -0.870. The molecule has 204 valence electrons. The van der Waals surface area contributed by atoms with Crippen molar-refractivity contribution in [1.82, 2.24) is 15.3 Å². The molecule has 0 unspecified atom stereocenters. The van der Waals surface area contributed by atoms with Crippen molar-refractivity contribution < 1.29 is 5.11 Å². The van der Waals surface area contributed by atoms with Gasteiger partial charge >= 0.3 is 0 Å². The molecular formula is C32H55N3O. The van der Waals surface area contributed by atoms with Gasteiger partial charge in [-0.05, 0) is 85.9 Å². The average Bonchev–Trinajstić information content (AvgIpc) is 3.47. The maximum atomic E-state index is 12.4. The number of hydrogen-bond acceptors (Lipinski definition) is 3. The van der Waals surface area contributed by atoms with Crippen LogP contribution in [0.3, 0.4) is 0 Å². The molecule has 1 heterocycles. The van der Waals surface area contributed by atoms with E-state index < -0.39 is 5.60 Å². The Kier molecular flexibility index (Phi) is 7.69. The molecule has 1 aromatic rings. The monoisotopic (exact) mass is 497 g/mol. The molecule has 4 aliphatic carbocycles. The number of nitrogens with one attached hydrogen (secondary N) is 2. The lowest BCUT2D eigenvalue weighted by Crippen LogP contribution is -2.70. The molecule has 4 nitrogen and oxygen atoms in total. The summed E-state index contributed by atoms with van der Waals surface area (Å²) in [6.07, 6.45) is 20.3. The first-order valence-corrected chi connectivity index (χ1v) is 15.6. The number of aliphatic hydroxyl groups is 1. The second kappa shape index (κ2) is 10.4. The van der Waals surface area contributed by atoms with E-state index in [1.807, 2.05) is 6.20 Å². The van der Waals surface area contributed by atoms with Gasteiger partial charge in [0.1, 0.15) is 0 Å². The summed E-state index contributed by atoms with van der Waals surface area (Å²) in [7, 11) is 0. The zero-order chi connectivity index (χ0) is 25.6. The van der Waals surface area contributed by atoms with Gasteiger partial charge in [0, 0.05) is 36.3 Å². The number of nitrogens with zero attached hydrogens (tertiary/aromatic N) is 1. The quantitative estimate of drug-likeness (QED) is 0.339. The highest BCUT2D eigenvalue weighted by Crippen LogP contribution is 2.69. The van der Waals surface area contributed by atoms with Crippen molar-refractivity contribution in [3.8, 4) is 0 Å². The molecule has 0 spiro atoms. The molecule has 4 saturated carbocycles. The fraction of sp³-hybridized carbons (Fsp3) is 0.906. The Morgan fingerprint density at radius 3 is 2.61 bits per heavy atom. The van der Waals surface area contributed by atoms with E-state index in [4.69, 9.17) is 0 Å². The minimum atomic E-state index is -0.559. The lowest BCUT2D eigenvalue weighted by molar-refractivity contribution is -0.220. The van der Waals surface area contributed by atoms with E-state index >= 15 is 0 Å². The minimum Gasteiger partial charge on any atom is -0.388 e. The zero-order valence-corrected chi connectivity index (χ0v) is 24.0. The van der Waals surface area contributed by atoms with Crippen LogP contribution in [0, 0.1) is 46.3 Å². The Balaban J connectivity index is 1.34. The van der Waals surface area contributed by atoms with Gasteiger partial charge in [-0.1, -0.05) is 66.7 Å². The van der Waals surface area contributed by atoms with Gasteiger partial charge in [-0.15, -0.1) is 0 Å². The van der Waals surface area contributed by atoms with E-state index in [1.54, 1.807) is 6.33 Å². The first-order valence-electron chi connectivity index (χ1n) is 15.6. The smallest absolute Gasteiger partial charge is 0.0921 e. The van der Waals surface area contributed by atoms with Crippen molar-refractivity contribution in [3.63, 3.8) is 0 Å². The highest BCUT2D eigenvalue weighted by atomic mass is 16.3. The van der Waals surface area contributed by atoms with Crippen LogP contribution in [0.1, 0.15) is 117 Å². The second-order valence-corrected chi connectivity index (χ2v) is 14.5. The molecule has 4 heteroatoms. The Morgan fingerprint density at radius 2 is 1.86 bits per heavy atom. The van der Waals surface area contributed by atoms with E-state index in [0.29, 0.717) is 11.3 Å². The summed E-state index contributed by atoms with van der Waals surface area (Å²) in [6.45, 7) is 13.4. The number of H-pyrrole nitrogens is 1. The Labute approximate surface area is 221 Å². The van der Waals surface area contributed by atoms with Crippen LogP contribution < -0.4 is 5.32 Å². The third kappa shape index (κ3) is 4.51. The first kappa shape index (κ1) is 26.7. The largest absolute Gasteiger partial charge is 0.388 e. The highest BCUT2D eigenvalue weighted by molar-refractivity contribution is 5.18. The van der Waals surface area contributed by atoms with Crippen LogP contribution >= 0.6 is 0 Å². The Morgan fingerprint density at radius 1 is 1.06 bits per heavy atom. The highest BCUT2D eigenvalue weighted by Gasteiger charge is 2.66. The molecule has 0 saturated heterocycles. The molecule has 4 aliphatic rings. The third-order valence-corrected chi connectivity index (χ3v) is 12.4. The fourth-order valence-electron chi connectivity index (χ4n) is 10.4. The normalized spacial score (nSPS) is 43.1. The number of rotatable bonds is 9. The van der Waals surface area contributed by atoms with Gasteiger partial charge in [0.15, 0.2) is 0 Å².